The van der Waals surface area contributed by atoms with Crippen LogP contribution in [0.5, 0.6) is 0 Å². The second-order valence-corrected chi connectivity index (χ2v) is 4.51. The Morgan fingerprint density at radius 2 is 1.94 bits per heavy atom. The van der Waals surface area contributed by atoms with Gasteiger partial charge in [-0.2, -0.15) is 5.26 Å². The fraction of sp³-hybridized carbons (Fsp3) is 0.167. The zero-order valence-electron chi connectivity index (χ0n) is 9.51. The molecule has 0 fully saturated rings. The van der Waals surface area contributed by atoms with Crippen molar-refractivity contribution < 1.29 is 0 Å². The van der Waals surface area contributed by atoms with Crippen LogP contribution in [0.1, 0.15) is 17.1 Å². The van der Waals surface area contributed by atoms with Crippen LogP contribution in [-0.2, 0) is 0 Å². The molecule has 0 saturated carbocycles. The van der Waals surface area contributed by atoms with Gasteiger partial charge in [-0.1, -0.05) is 0 Å². The molecule has 84 valence electrons. The number of pyridine rings is 1. The Hall–Kier alpha value is -1.93. The Morgan fingerprint density at radius 1 is 1.24 bits per heavy atom. The van der Waals surface area contributed by atoms with Crippen LogP contribution < -0.4 is 0 Å². The zero-order valence-corrected chi connectivity index (χ0v) is 10.3. The maximum Gasteiger partial charge on any atom is 0.192 e. The molecule has 2 heterocycles. The maximum atomic E-state index is 8.94. The van der Waals surface area contributed by atoms with Crippen LogP contribution in [0.4, 0.5) is 0 Å². The first-order chi connectivity index (χ1) is 8.19. The number of aryl methyl sites for hydroxylation is 2. The van der Waals surface area contributed by atoms with Crippen LogP contribution >= 0.6 is 11.8 Å². The number of nitriles is 1. The van der Waals surface area contributed by atoms with E-state index < -0.39 is 0 Å². The predicted molar refractivity (Wildman–Crippen MR) is 64.6 cm³/mol. The van der Waals surface area contributed by atoms with Crippen LogP contribution in [0.3, 0.4) is 0 Å². The molecule has 0 aliphatic rings. The predicted octanol–water partition coefficient (Wildman–Crippen LogP) is 2.51. The SMILES string of the molecule is Cc1cc(C)nc(Sc2cccnc2C#N)n1. The number of hydrogen-bond acceptors (Lipinski definition) is 5. The third kappa shape index (κ3) is 2.80. The van der Waals surface area contributed by atoms with E-state index in [4.69, 9.17) is 5.26 Å². The fourth-order valence-corrected chi connectivity index (χ4v) is 2.31. The van der Waals surface area contributed by atoms with Crippen molar-refractivity contribution in [2.45, 2.75) is 23.9 Å². The zero-order chi connectivity index (χ0) is 12.3. The molecule has 0 radical (unpaired) electrons. The first-order valence-electron chi connectivity index (χ1n) is 5.04. The summed E-state index contributed by atoms with van der Waals surface area (Å²) in [4.78, 5) is 13.4. The van der Waals surface area contributed by atoms with Gasteiger partial charge < -0.3 is 0 Å². The van der Waals surface area contributed by atoms with E-state index in [-0.39, 0.29) is 0 Å². The fourth-order valence-electron chi connectivity index (χ4n) is 1.39. The van der Waals surface area contributed by atoms with Crippen molar-refractivity contribution in [2.75, 3.05) is 0 Å². The lowest BCUT2D eigenvalue weighted by Crippen LogP contribution is -1.93. The summed E-state index contributed by atoms with van der Waals surface area (Å²) in [5, 5.41) is 9.58. The van der Waals surface area contributed by atoms with Crippen molar-refractivity contribution in [3.05, 3.63) is 41.5 Å². The van der Waals surface area contributed by atoms with Gasteiger partial charge in [-0.25, -0.2) is 15.0 Å². The van der Waals surface area contributed by atoms with Gasteiger partial charge in [-0.15, -0.1) is 0 Å². The molecule has 0 aliphatic heterocycles. The highest BCUT2D eigenvalue weighted by Crippen LogP contribution is 2.26. The average molecular weight is 242 g/mol. The molecule has 2 aromatic heterocycles. The van der Waals surface area contributed by atoms with Crippen LogP contribution in [0.15, 0.2) is 34.4 Å². The summed E-state index contributed by atoms with van der Waals surface area (Å²) in [6.07, 6.45) is 1.60. The lowest BCUT2D eigenvalue weighted by Gasteiger charge is -2.03. The topological polar surface area (TPSA) is 62.5 Å². The minimum Gasteiger partial charge on any atom is -0.244 e. The summed E-state index contributed by atoms with van der Waals surface area (Å²) >= 11 is 1.36. The molecule has 0 saturated heterocycles. The van der Waals surface area contributed by atoms with Crippen molar-refractivity contribution >= 4 is 11.8 Å². The Bertz CT molecular complexity index is 569. The standard InChI is InChI=1S/C12H10N4S/c1-8-6-9(2)16-12(15-8)17-11-4-3-5-14-10(11)7-13/h3-6H,1-2H3. The quantitative estimate of drug-likeness (QED) is 0.757. The van der Waals surface area contributed by atoms with Crippen LogP contribution in [0, 0.1) is 25.2 Å². The number of hydrogen-bond donors (Lipinski definition) is 0. The van der Waals surface area contributed by atoms with Crippen molar-refractivity contribution in [3.8, 4) is 6.07 Å². The average Bonchev–Trinajstić information content (AvgIpc) is 2.28. The summed E-state index contributed by atoms with van der Waals surface area (Å²) < 4.78 is 0. The molecular weight excluding hydrogens is 232 g/mol. The van der Waals surface area contributed by atoms with Gasteiger partial charge in [0, 0.05) is 17.6 Å². The molecule has 0 unspecified atom stereocenters. The molecule has 0 amide bonds. The summed E-state index contributed by atoms with van der Waals surface area (Å²) in [5.74, 6) is 0. The van der Waals surface area contributed by atoms with Gasteiger partial charge in [0.1, 0.15) is 6.07 Å². The Morgan fingerprint density at radius 3 is 2.59 bits per heavy atom. The first-order valence-corrected chi connectivity index (χ1v) is 5.86. The number of nitrogens with zero attached hydrogens (tertiary/aromatic N) is 4. The third-order valence-electron chi connectivity index (χ3n) is 2.04. The van der Waals surface area contributed by atoms with Crippen molar-refractivity contribution in [3.63, 3.8) is 0 Å². The molecule has 0 atom stereocenters. The van der Waals surface area contributed by atoms with Gasteiger partial charge in [-0.3, -0.25) is 0 Å². The largest absolute Gasteiger partial charge is 0.244 e. The Labute approximate surface area is 104 Å². The summed E-state index contributed by atoms with van der Waals surface area (Å²) in [7, 11) is 0. The van der Waals surface area contributed by atoms with Crippen LogP contribution in [-0.4, -0.2) is 15.0 Å². The molecule has 0 N–H and O–H groups in total. The summed E-state index contributed by atoms with van der Waals surface area (Å²) in [6.45, 7) is 3.85. The number of rotatable bonds is 2. The molecular formula is C12H10N4S. The van der Waals surface area contributed by atoms with E-state index in [1.54, 1.807) is 12.3 Å². The smallest absolute Gasteiger partial charge is 0.192 e. The van der Waals surface area contributed by atoms with E-state index in [1.165, 1.54) is 11.8 Å². The minimum absolute atomic E-state index is 0.403. The lowest BCUT2D eigenvalue weighted by molar-refractivity contribution is 0.901. The lowest BCUT2D eigenvalue weighted by atomic mass is 10.4. The monoisotopic (exact) mass is 242 g/mol. The Kier molecular flexibility index (Phi) is 3.35. The van der Waals surface area contributed by atoms with Gasteiger partial charge in [-0.05, 0) is 43.8 Å². The highest BCUT2D eigenvalue weighted by atomic mass is 32.2. The van der Waals surface area contributed by atoms with Crippen LogP contribution in [0.25, 0.3) is 0 Å². The van der Waals surface area contributed by atoms with Gasteiger partial charge >= 0.3 is 0 Å². The molecule has 2 aromatic rings. The van der Waals surface area contributed by atoms with E-state index in [9.17, 15) is 0 Å². The van der Waals surface area contributed by atoms with E-state index in [2.05, 4.69) is 21.0 Å². The van der Waals surface area contributed by atoms with Gasteiger partial charge in [0.25, 0.3) is 0 Å². The van der Waals surface area contributed by atoms with Crippen molar-refractivity contribution in [2.24, 2.45) is 0 Å². The molecule has 4 nitrogen and oxygen atoms in total. The molecule has 2 rings (SSSR count). The second kappa shape index (κ2) is 4.93. The van der Waals surface area contributed by atoms with Gasteiger partial charge in [0.15, 0.2) is 10.9 Å². The van der Waals surface area contributed by atoms with Gasteiger partial charge in [0.2, 0.25) is 0 Å². The molecule has 0 bridgehead atoms. The van der Waals surface area contributed by atoms with Crippen LogP contribution in [0.2, 0.25) is 0 Å². The van der Waals surface area contributed by atoms with Gasteiger partial charge in [0.05, 0.1) is 4.90 Å². The molecule has 0 aromatic carbocycles. The normalized spacial score (nSPS) is 9.94. The molecule has 0 spiro atoms. The first kappa shape index (κ1) is 11.6. The molecule has 0 aliphatic carbocycles. The Balaban J connectivity index is 2.35. The third-order valence-corrected chi connectivity index (χ3v) is 2.95. The van der Waals surface area contributed by atoms with E-state index >= 15 is 0 Å². The van der Waals surface area contributed by atoms with E-state index in [0.717, 1.165) is 16.3 Å². The molecule has 17 heavy (non-hydrogen) atoms. The highest BCUT2D eigenvalue weighted by molar-refractivity contribution is 7.99. The maximum absolute atomic E-state index is 8.94. The number of aromatic nitrogens is 3. The summed E-state index contributed by atoms with van der Waals surface area (Å²) in [5.41, 5.74) is 2.24. The van der Waals surface area contributed by atoms with Crippen molar-refractivity contribution in [1.82, 2.24) is 15.0 Å². The summed E-state index contributed by atoms with van der Waals surface area (Å²) in [6, 6.07) is 7.61. The minimum atomic E-state index is 0.403. The molecule has 5 heteroatoms. The van der Waals surface area contributed by atoms with E-state index in [0.29, 0.717) is 10.9 Å². The van der Waals surface area contributed by atoms with Crippen molar-refractivity contribution in [1.29, 1.82) is 5.26 Å². The van der Waals surface area contributed by atoms with E-state index in [1.807, 2.05) is 26.0 Å². The highest BCUT2D eigenvalue weighted by Gasteiger charge is 2.07. The second-order valence-electron chi connectivity index (χ2n) is 3.50.